The molecule has 0 bridgehead atoms. The third-order valence-electron chi connectivity index (χ3n) is 3.03. The van der Waals surface area contributed by atoms with Gasteiger partial charge in [-0.2, -0.15) is 10.3 Å². The maximum Gasteiger partial charge on any atom is 0.361 e. The summed E-state index contributed by atoms with van der Waals surface area (Å²) in [7, 11) is 1.60. The number of hydrogen-bond donors (Lipinski definition) is 1. The summed E-state index contributed by atoms with van der Waals surface area (Å²) in [6.07, 6.45) is 0. The van der Waals surface area contributed by atoms with E-state index in [0.29, 0.717) is 18.9 Å². The lowest BCUT2D eigenvalue weighted by Gasteiger charge is -2.10. The molecule has 0 aliphatic heterocycles. The van der Waals surface area contributed by atoms with Gasteiger partial charge in [0, 0.05) is 17.7 Å². The van der Waals surface area contributed by atoms with Crippen LogP contribution in [0, 0.1) is 0 Å². The Bertz CT molecular complexity index is 639. The Balaban J connectivity index is 2.37. The Morgan fingerprint density at radius 3 is 2.73 bits per heavy atom. The number of methoxy groups -OCH3 is 1. The minimum absolute atomic E-state index is 0.161. The first kappa shape index (κ1) is 16.0. The Kier molecular flexibility index (Phi) is 5.48. The lowest BCUT2D eigenvalue weighted by atomic mass is 10.1. The smallest absolute Gasteiger partial charge is 0.361 e. The molecule has 2 aromatic rings. The monoisotopic (exact) mass is 305 g/mol. The zero-order chi connectivity index (χ0) is 15.9. The molecular formula is C15H19N3O4. The van der Waals surface area contributed by atoms with Crippen LogP contribution in [0.5, 0.6) is 5.75 Å². The molecule has 0 amide bonds. The highest BCUT2D eigenvalue weighted by molar-refractivity contribution is 5.94. The van der Waals surface area contributed by atoms with Crippen LogP contribution in [-0.2, 0) is 16.1 Å². The summed E-state index contributed by atoms with van der Waals surface area (Å²) in [5.41, 5.74) is 2.22. The number of aromatic nitrogens is 3. The van der Waals surface area contributed by atoms with Crippen molar-refractivity contribution in [3.05, 3.63) is 29.5 Å². The molecule has 7 nitrogen and oxygen atoms in total. The number of esters is 1. The van der Waals surface area contributed by atoms with Crippen molar-refractivity contribution in [3.8, 4) is 17.0 Å². The van der Waals surface area contributed by atoms with E-state index >= 15 is 0 Å². The summed E-state index contributed by atoms with van der Waals surface area (Å²) in [5.74, 6) is 0.215. The molecule has 2 rings (SSSR count). The molecule has 0 saturated carbocycles. The summed E-state index contributed by atoms with van der Waals surface area (Å²) >= 11 is 0. The Morgan fingerprint density at radius 2 is 2.05 bits per heavy atom. The standard InChI is InChI=1S/C15H19N3O4/c1-4-21-9-11-8-10(6-7-12(11)20-3)13-14(17-18-16-13)15(19)22-5-2/h6-8H,4-5,9H2,1-3H3,(H,16,17,18). The fourth-order valence-corrected chi connectivity index (χ4v) is 2.02. The maximum absolute atomic E-state index is 11.9. The van der Waals surface area contributed by atoms with Crippen molar-refractivity contribution in [2.45, 2.75) is 20.5 Å². The molecule has 0 radical (unpaired) electrons. The molecule has 0 fully saturated rings. The predicted octanol–water partition coefficient (Wildman–Crippen LogP) is 2.19. The van der Waals surface area contributed by atoms with Gasteiger partial charge in [0.15, 0.2) is 5.69 Å². The highest BCUT2D eigenvalue weighted by Gasteiger charge is 2.20. The van der Waals surface area contributed by atoms with Crippen LogP contribution in [0.4, 0.5) is 0 Å². The second-order valence-electron chi connectivity index (χ2n) is 4.41. The molecule has 0 atom stereocenters. The first-order chi connectivity index (χ1) is 10.7. The fraction of sp³-hybridized carbons (Fsp3) is 0.400. The zero-order valence-corrected chi connectivity index (χ0v) is 12.9. The van der Waals surface area contributed by atoms with Crippen LogP contribution < -0.4 is 4.74 Å². The van der Waals surface area contributed by atoms with Crippen molar-refractivity contribution in [3.63, 3.8) is 0 Å². The van der Waals surface area contributed by atoms with E-state index in [1.165, 1.54) is 0 Å². The van der Waals surface area contributed by atoms with Gasteiger partial charge >= 0.3 is 5.97 Å². The predicted molar refractivity (Wildman–Crippen MR) is 79.7 cm³/mol. The van der Waals surface area contributed by atoms with Crippen molar-refractivity contribution < 1.29 is 19.0 Å². The number of nitrogens with zero attached hydrogens (tertiary/aromatic N) is 2. The average molecular weight is 305 g/mol. The molecule has 0 unspecified atom stereocenters. The van der Waals surface area contributed by atoms with Gasteiger partial charge in [-0.25, -0.2) is 4.79 Å². The van der Waals surface area contributed by atoms with Gasteiger partial charge in [-0.3, -0.25) is 0 Å². The van der Waals surface area contributed by atoms with Crippen LogP contribution >= 0.6 is 0 Å². The second-order valence-corrected chi connectivity index (χ2v) is 4.41. The molecule has 0 aliphatic rings. The molecule has 7 heteroatoms. The van der Waals surface area contributed by atoms with Gasteiger partial charge in [0.05, 0.1) is 20.3 Å². The number of H-pyrrole nitrogens is 1. The highest BCUT2D eigenvalue weighted by Crippen LogP contribution is 2.27. The molecule has 1 aromatic heterocycles. The van der Waals surface area contributed by atoms with Crippen molar-refractivity contribution >= 4 is 5.97 Å². The molecule has 1 N–H and O–H groups in total. The summed E-state index contributed by atoms with van der Waals surface area (Å²) in [5, 5.41) is 10.4. The van der Waals surface area contributed by atoms with Crippen molar-refractivity contribution in [1.82, 2.24) is 15.4 Å². The molecule has 1 aromatic carbocycles. The topological polar surface area (TPSA) is 86.3 Å². The number of carbonyl (C=O) groups is 1. The van der Waals surface area contributed by atoms with Gasteiger partial charge in [0.1, 0.15) is 11.4 Å². The first-order valence-corrected chi connectivity index (χ1v) is 7.04. The van der Waals surface area contributed by atoms with E-state index in [1.807, 2.05) is 25.1 Å². The largest absolute Gasteiger partial charge is 0.496 e. The van der Waals surface area contributed by atoms with Crippen LogP contribution in [0.3, 0.4) is 0 Å². The van der Waals surface area contributed by atoms with Crippen LogP contribution in [0.2, 0.25) is 0 Å². The zero-order valence-electron chi connectivity index (χ0n) is 12.9. The number of carbonyl (C=O) groups excluding carboxylic acids is 1. The van der Waals surface area contributed by atoms with Crippen molar-refractivity contribution in [1.29, 1.82) is 0 Å². The average Bonchev–Trinajstić information content (AvgIpc) is 3.02. The normalized spacial score (nSPS) is 10.5. The molecule has 118 valence electrons. The van der Waals surface area contributed by atoms with Gasteiger partial charge in [0.2, 0.25) is 0 Å². The van der Waals surface area contributed by atoms with Crippen LogP contribution in [-0.4, -0.2) is 41.7 Å². The van der Waals surface area contributed by atoms with E-state index in [2.05, 4.69) is 15.4 Å². The summed E-state index contributed by atoms with van der Waals surface area (Å²) in [6.45, 7) is 4.97. The van der Waals surface area contributed by atoms with E-state index in [-0.39, 0.29) is 12.3 Å². The van der Waals surface area contributed by atoms with Crippen LogP contribution in [0.1, 0.15) is 29.9 Å². The maximum atomic E-state index is 11.9. The first-order valence-electron chi connectivity index (χ1n) is 7.04. The summed E-state index contributed by atoms with van der Waals surface area (Å²) < 4.78 is 15.7. The minimum atomic E-state index is -0.506. The van der Waals surface area contributed by atoms with Crippen molar-refractivity contribution in [2.75, 3.05) is 20.3 Å². The minimum Gasteiger partial charge on any atom is -0.496 e. The fourth-order valence-electron chi connectivity index (χ4n) is 2.02. The van der Waals surface area contributed by atoms with E-state index in [9.17, 15) is 4.79 Å². The SMILES string of the molecule is CCOCc1cc(-c2n[nH]nc2C(=O)OCC)ccc1OC. The lowest BCUT2D eigenvalue weighted by Crippen LogP contribution is -2.07. The number of hydrogen-bond acceptors (Lipinski definition) is 6. The van der Waals surface area contributed by atoms with Crippen molar-refractivity contribution in [2.24, 2.45) is 0 Å². The molecule has 22 heavy (non-hydrogen) atoms. The summed E-state index contributed by atoms with van der Waals surface area (Å²) in [4.78, 5) is 11.9. The number of aromatic amines is 1. The Hall–Kier alpha value is -2.41. The van der Waals surface area contributed by atoms with Gasteiger partial charge in [0.25, 0.3) is 0 Å². The van der Waals surface area contributed by atoms with Gasteiger partial charge in [-0.05, 0) is 32.0 Å². The van der Waals surface area contributed by atoms with E-state index in [1.54, 1.807) is 14.0 Å². The summed E-state index contributed by atoms with van der Waals surface area (Å²) in [6, 6.07) is 5.50. The number of ether oxygens (including phenoxy) is 3. The van der Waals surface area contributed by atoms with E-state index < -0.39 is 5.97 Å². The highest BCUT2D eigenvalue weighted by atomic mass is 16.5. The molecule has 1 heterocycles. The molecule has 0 spiro atoms. The Morgan fingerprint density at radius 1 is 1.23 bits per heavy atom. The van der Waals surface area contributed by atoms with Gasteiger partial charge < -0.3 is 14.2 Å². The quantitative estimate of drug-likeness (QED) is 0.789. The lowest BCUT2D eigenvalue weighted by molar-refractivity contribution is 0.0520. The number of rotatable bonds is 7. The second kappa shape index (κ2) is 7.56. The van der Waals surface area contributed by atoms with Crippen LogP contribution in [0.25, 0.3) is 11.3 Å². The molecular weight excluding hydrogens is 286 g/mol. The van der Waals surface area contributed by atoms with E-state index in [0.717, 1.165) is 16.9 Å². The number of benzene rings is 1. The van der Waals surface area contributed by atoms with Gasteiger partial charge in [-0.1, -0.05) is 0 Å². The third-order valence-corrected chi connectivity index (χ3v) is 3.03. The molecule has 0 saturated heterocycles. The third kappa shape index (κ3) is 3.43. The van der Waals surface area contributed by atoms with E-state index in [4.69, 9.17) is 14.2 Å². The Labute approximate surface area is 128 Å². The van der Waals surface area contributed by atoms with Crippen LogP contribution in [0.15, 0.2) is 18.2 Å². The van der Waals surface area contributed by atoms with Gasteiger partial charge in [-0.15, -0.1) is 5.10 Å². The number of nitrogens with one attached hydrogen (secondary N) is 1. The molecule has 0 aliphatic carbocycles.